The summed E-state index contributed by atoms with van der Waals surface area (Å²) in [5.41, 5.74) is -4.20. The Hall–Kier alpha value is -8.77. The summed E-state index contributed by atoms with van der Waals surface area (Å²) in [6, 6.07) is 11.1. The number of amides is 6. The highest BCUT2D eigenvalue weighted by Crippen LogP contribution is 2.35. The Morgan fingerprint density at radius 1 is 0.532 bits per heavy atom. The molecule has 6 aromatic rings. The van der Waals surface area contributed by atoms with Gasteiger partial charge in [0.1, 0.15) is 52.7 Å². The topological polar surface area (TPSA) is 304 Å². The summed E-state index contributed by atoms with van der Waals surface area (Å²) in [6.45, 7) is -0.459. The van der Waals surface area contributed by atoms with Crippen LogP contribution in [0.4, 0.5) is 84.3 Å². The molecule has 9 rings (SSSR count). The minimum Gasteiger partial charge on any atom is -0.393 e. The summed E-state index contributed by atoms with van der Waals surface area (Å²) in [6.07, 6.45) is -3.06. The minimum atomic E-state index is -5.46. The van der Waals surface area contributed by atoms with E-state index in [0.717, 1.165) is 60.2 Å². The molecule has 0 fully saturated rings. The Bertz CT molecular complexity index is 3920. The lowest BCUT2D eigenvalue weighted by molar-refractivity contribution is -0.140. The molecule has 0 bridgehead atoms. The first-order valence-electron chi connectivity index (χ1n) is 27.6. The van der Waals surface area contributed by atoms with E-state index in [-0.39, 0.29) is 83.9 Å². The van der Waals surface area contributed by atoms with Crippen LogP contribution in [0, 0.1) is 17.6 Å². The van der Waals surface area contributed by atoms with Crippen LogP contribution in [0.3, 0.4) is 0 Å². The first kappa shape index (κ1) is 72.7. The highest BCUT2D eigenvalue weighted by Gasteiger charge is 2.47. The largest absolute Gasteiger partial charge is 0.501 e. The highest BCUT2D eigenvalue weighted by atomic mass is 35.5. The fourth-order valence-electron chi connectivity index (χ4n) is 9.04. The van der Waals surface area contributed by atoms with E-state index in [4.69, 9.17) is 26.9 Å². The molecule has 6 amide bonds. The molecule has 0 unspecified atom stereocenters. The van der Waals surface area contributed by atoms with Gasteiger partial charge in [-0.2, -0.15) is 43.9 Å². The smallest absolute Gasteiger partial charge is 0.393 e. The van der Waals surface area contributed by atoms with Crippen LogP contribution in [-0.4, -0.2) is 156 Å². The van der Waals surface area contributed by atoms with Gasteiger partial charge >= 0.3 is 36.0 Å². The Morgan fingerprint density at radius 2 is 0.915 bits per heavy atom. The van der Waals surface area contributed by atoms with Gasteiger partial charge in [0.05, 0.1) is 41.0 Å². The van der Waals surface area contributed by atoms with Gasteiger partial charge in [-0.3, -0.25) is 20.3 Å². The highest BCUT2D eigenvalue weighted by molar-refractivity contribution is 7.92. The summed E-state index contributed by atoms with van der Waals surface area (Å²) in [5.74, 6) is -3.47. The van der Waals surface area contributed by atoms with Gasteiger partial charge in [0.15, 0.2) is 0 Å². The number of nitrogens with zero attached hydrogens (tertiary/aromatic N) is 7. The minimum absolute atomic E-state index is 0.0421. The van der Waals surface area contributed by atoms with Gasteiger partial charge < -0.3 is 56.0 Å². The Labute approximate surface area is 530 Å². The summed E-state index contributed by atoms with van der Waals surface area (Å²) in [4.78, 5) is 55.7. The van der Waals surface area contributed by atoms with E-state index in [9.17, 15) is 90.8 Å². The maximum absolute atomic E-state index is 14.3. The number of halogens is 13. The molecule has 3 aliphatic heterocycles. The van der Waals surface area contributed by atoms with Crippen molar-refractivity contribution in [3.8, 4) is 0 Å². The lowest BCUT2D eigenvalue weighted by atomic mass is 10.0. The third-order valence-electron chi connectivity index (χ3n) is 14.2. The number of hydrogen-bond donors (Lipinski definition) is 9. The summed E-state index contributed by atoms with van der Waals surface area (Å²) in [5, 5.41) is 63.2. The van der Waals surface area contributed by atoms with E-state index >= 15 is 0 Å². The van der Waals surface area contributed by atoms with E-state index in [1.54, 1.807) is 18.2 Å². The number of carbonyl (C=O) groups is 3. The van der Waals surface area contributed by atoms with Crippen molar-refractivity contribution in [1.29, 1.82) is 0 Å². The van der Waals surface area contributed by atoms with E-state index < -0.39 is 118 Å². The molecular weight excluding hydrogens is 1320 g/mol. The van der Waals surface area contributed by atoms with Crippen LogP contribution in [-0.2, 0) is 22.2 Å². The number of carbonyl (C=O) groups excluding carboxylic acids is 3. The molecule has 3 atom stereocenters. The molecule has 0 radical (unpaired) electrons. The van der Waals surface area contributed by atoms with E-state index in [1.807, 2.05) is 0 Å². The molecular formula is C59H55ClF12N10O11S. The van der Waals surface area contributed by atoms with Gasteiger partial charge in [-0.25, -0.2) is 36.6 Å². The molecule has 9 N–H and O–H groups in total. The van der Waals surface area contributed by atoms with E-state index in [2.05, 4.69) is 35.9 Å². The number of rotatable bonds is 13. The average molecular weight is 1380 g/mol. The number of anilines is 3. The standard InChI is InChI=1S/C20H19ClF3N3O5S.C20H19F4N3O3.C19H17F5N4O3/c21-16-9-13(17(29)11-28)10-25-18(16)12-5-7-27(8-6-12)19(30)26-14-1-3-15(4-2-14)33(31,32)20(22,23)24;21-16-9-13(17(29)11-28)10-25-18(16)12-5-7-27(8-6-12)19(30)26-15-3-1-14(2-4-15)20(22,23)24;20-13-7-11(14(30)9-29)8-25-16(13)10-3-5-28(6-4-10)18(31)27-15-2-1-12(17(21)26-15)19(22,23)24/h1-5,9-10,17,28-29H,6-8,11H2,(H,26,30);1-5,9-10,17,28-29H,6-8,11H2,(H,26,30);1-3,7-8,14,29-30H,4-6,9H2,(H,26,27,31)/t2*17-;14-/m111/s1. The average Bonchev–Trinajstić information content (AvgIpc) is 0.820. The first-order chi connectivity index (χ1) is 44.2. The molecule has 3 aliphatic rings. The first-order valence-corrected chi connectivity index (χ1v) is 29.5. The number of aliphatic hydroxyl groups excluding tert-OH is 6. The van der Waals surface area contributed by atoms with Crippen molar-refractivity contribution in [3.63, 3.8) is 0 Å². The van der Waals surface area contributed by atoms with Gasteiger partial charge in [0, 0.05) is 85.9 Å². The van der Waals surface area contributed by atoms with Crippen LogP contribution in [0.1, 0.15) is 82.5 Å². The maximum Gasteiger partial charge on any atom is 0.501 e. The monoisotopic (exact) mass is 1370 g/mol. The van der Waals surface area contributed by atoms with Crippen LogP contribution in [0.2, 0.25) is 5.02 Å². The number of alkyl halides is 9. The van der Waals surface area contributed by atoms with Gasteiger partial charge in [-0.05, 0) is 115 Å². The summed E-state index contributed by atoms with van der Waals surface area (Å²) < 4.78 is 178. The number of pyridine rings is 4. The normalized spacial score (nSPS) is 15.6. The molecule has 0 saturated heterocycles. The number of aliphatic hydroxyl groups is 6. The van der Waals surface area contributed by atoms with Crippen molar-refractivity contribution in [2.45, 2.75) is 60.3 Å². The predicted molar refractivity (Wildman–Crippen MR) is 314 cm³/mol. The lowest BCUT2D eigenvalue weighted by Gasteiger charge is -2.27. The summed E-state index contributed by atoms with van der Waals surface area (Å²) >= 11 is 6.24. The van der Waals surface area contributed by atoms with Crippen LogP contribution < -0.4 is 16.0 Å². The molecule has 4 aromatic heterocycles. The molecule has 0 spiro atoms. The zero-order valence-corrected chi connectivity index (χ0v) is 49.9. The van der Waals surface area contributed by atoms with Gasteiger partial charge in [0.2, 0.25) is 5.95 Å². The molecule has 7 heterocycles. The number of aromatic nitrogens is 4. The van der Waals surface area contributed by atoms with E-state index in [1.165, 1.54) is 51.5 Å². The second-order valence-electron chi connectivity index (χ2n) is 20.5. The van der Waals surface area contributed by atoms with Crippen molar-refractivity contribution < 1.29 is 106 Å². The van der Waals surface area contributed by atoms with Crippen molar-refractivity contribution >= 4 is 73.4 Å². The predicted octanol–water partition coefficient (Wildman–Crippen LogP) is 10.1. The molecule has 0 saturated carbocycles. The Morgan fingerprint density at radius 3 is 1.26 bits per heavy atom. The van der Waals surface area contributed by atoms with Crippen molar-refractivity contribution in [3.05, 3.63) is 183 Å². The van der Waals surface area contributed by atoms with Crippen molar-refractivity contribution in [2.24, 2.45) is 0 Å². The molecule has 94 heavy (non-hydrogen) atoms. The second kappa shape index (κ2) is 31.0. The van der Waals surface area contributed by atoms with Crippen LogP contribution in [0.5, 0.6) is 0 Å². The molecule has 21 nitrogen and oxygen atoms in total. The second-order valence-corrected chi connectivity index (χ2v) is 22.9. The number of benzene rings is 2. The van der Waals surface area contributed by atoms with Crippen molar-refractivity contribution in [1.82, 2.24) is 34.6 Å². The van der Waals surface area contributed by atoms with Gasteiger partial charge in [0.25, 0.3) is 9.84 Å². The number of sulfone groups is 1. The summed E-state index contributed by atoms with van der Waals surface area (Å²) in [7, 11) is -5.46. The Balaban J connectivity index is 0.000000200. The van der Waals surface area contributed by atoms with Gasteiger partial charge in [-0.1, -0.05) is 29.8 Å². The van der Waals surface area contributed by atoms with Crippen LogP contribution in [0.15, 0.2) is 121 Å². The molecule has 504 valence electrons. The fraction of sp³-hybridized carbons (Fsp3) is 0.305. The number of urea groups is 3. The van der Waals surface area contributed by atoms with Crippen LogP contribution >= 0.6 is 11.6 Å². The molecule has 35 heteroatoms. The Kier molecular flexibility index (Phi) is 23.9. The zero-order valence-electron chi connectivity index (χ0n) is 48.4. The third-order valence-corrected chi connectivity index (χ3v) is 16.0. The van der Waals surface area contributed by atoms with E-state index in [0.29, 0.717) is 47.9 Å². The quantitative estimate of drug-likeness (QED) is 0.0384. The SMILES string of the molecule is O=C(Nc1ccc(C(F)(F)F)c(F)n1)N1CC=C(c2ncc([C@H](O)CO)cc2F)CC1.O=C(Nc1ccc(C(F)(F)F)cc1)N1CC=C(c2ncc([C@H](O)CO)cc2F)CC1.O=C(Nc1ccc(S(=O)(=O)C(F)(F)F)cc1)N1CC=C(c2ncc([C@H](O)CO)cc2Cl)CC1. The maximum atomic E-state index is 14.3. The lowest BCUT2D eigenvalue weighted by Crippen LogP contribution is -2.38. The zero-order chi connectivity index (χ0) is 69.0. The number of nitrogens with one attached hydrogen (secondary N) is 3. The fourth-order valence-corrected chi connectivity index (χ4v) is 10.1. The third kappa shape index (κ3) is 18.5. The van der Waals surface area contributed by atoms with Gasteiger partial charge in [-0.15, -0.1) is 0 Å². The number of hydrogen-bond acceptors (Lipinski definition) is 15. The molecule has 0 aliphatic carbocycles. The molecule has 2 aromatic carbocycles. The van der Waals surface area contributed by atoms with Crippen LogP contribution in [0.25, 0.3) is 16.7 Å². The van der Waals surface area contributed by atoms with Crippen molar-refractivity contribution in [2.75, 3.05) is 75.0 Å².